The van der Waals surface area contributed by atoms with Gasteiger partial charge < -0.3 is 154 Å². The molecule has 19 unspecified atom stereocenters. The van der Waals surface area contributed by atoms with E-state index in [4.69, 9.17) is 56.8 Å². The third-order valence-corrected chi connectivity index (χ3v) is 29.1. The fourth-order valence-electron chi connectivity index (χ4n) is 22.4. The maximum absolute atomic E-state index is 16.1. The Morgan fingerprint density at radius 3 is 1.77 bits per heavy atom. The van der Waals surface area contributed by atoms with E-state index in [1.807, 2.05) is 19.1 Å². The molecule has 0 bridgehead atoms. The Morgan fingerprint density at radius 2 is 1.15 bits per heavy atom. The van der Waals surface area contributed by atoms with E-state index in [0.717, 1.165) is 17.4 Å². The average molecular weight is 1620 g/mol. The molecule has 642 valence electrons. The van der Waals surface area contributed by atoms with E-state index >= 15 is 4.79 Å². The largest absolute Gasteiger partial charge is 0.479 e. The molecule has 6 heterocycles. The second-order valence-electron chi connectivity index (χ2n) is 35.9. The number of ether oxygens (including phenoxy) is 12. The maximum Gasteiger partial charge on any atom is 0.335 e. The smallest absolute Gasteiger partial charge is 0.335 e. The Kier molecular flexibility index (Phi) is 25.5. The lowest BCUT2D eigenvalue weighted by molar-refractivity contribution is -0.391. The van der Waals surface area contributed by atoms with Crippen molar-refractivity contribution in [2.24, 2.45) is 55.7 Å². The fraction of sp³-hybridized carbons (Fsp3) is 0.835. The number of aryl methyl sites for hydroxylation is 1. The molecule has 11 fully saturated rings. The summed E-state index contributed by atoms with van der Waals surface area (Å²) >= 11 is 0. The third-order valence-electron chi connectivity index (χ3n) is 29.1. The Bertz CT molecular complexity index is 3630. The number of carbonyl (C=O) groups excluding carboxylic acids is 4. The number of Topliss-reactive ketones (excluding diaryl/α,β-unsaturated/α-hetero) is 1. The summed E-state index contributed by atoms with van der Waals surface area (Å²) in [5.41, 5.74) is -3.88. The minimum atomic E-state index is -2.23. The maximum atomic E-state index is 16.1. The lowest BCUT2D eigenvalue weighted by atomic mass is 9.40. The first-order valence-electron chi connectivity index (χ1n) is 40.1. The molecular formula is C79H117NO34. The van der Waals surface area contributed by atoms with Crippen LogP contribution in [0.4, 0.5) is 0 Å². The number of unbranched alkanes of at least 4 members (excludes halogenated alkanes) is 3. The molecule has 5 saturated carbocycles. The first kappa shape index (κ1) is 87.4. The number of aliphatic carboxylic acids is 1. The number of hydrogen-bond donors (Lipinski definition) is 18. The number of carboxylic acid groups (broad SMARTS) is 1. The van der Waals surface area contributed by atoms with Gasteiger partial charge in [-0.3, -0.25) is 14.4 Å². The molecule has 39 atom stereocenters. The van der Waals surface area contributed by atoms with Gasteiger partial charge in [0.2, 0.25) is 12.2 Å². The number of aliphatic hydroxyl groups excluding tert-OH is 16. The predicted molar refractivity (Wildman–Crippen MR) is 384 cm³/mol. The van der Waals surface area contributed by atoms with Gasteiger partial charge >= 0.3 is 11.9 Å². The number of carbonyl (C=O) groups is 5. The van der Waals surface area contributed by atoms with Crippen molar-refractivity contribution in [1.82, 2.24) is 5.32 Å². The van der Waals surface area contributed by atoms with Gasteiger partial charge in [0.1, 0.15) is 122 Å². The van der Waals surface area contributed by atoms with Crippen LogP contribution < -0.4 is 5.32 Å². The number of fused-ring (bicyclic) bond motifs is 6. The molecule has 6 aliphatic heterocycles. The Morgan fingerprint density at radius 1 is 0.570 bits per heavy atom. The van der Waals surface area contributed by atoms with Crippen molar-refractivity contribution in [3.05, 3.63) is 47.0 Å². The fourth-order valence-corrected chi connectivity index (χ4v) is 22.4. The average Bonchev–Trinajstić information content (AvgIpc) is 1.42. The minimum Gasteiger partial charge on any atom is -0.479 e. The molecule has 13 rings (SSSR count). The second-order valence-corrected chi connectivity index (χ2v) is 35.9. The van der Waals surface area contributed by atoms with Gasteiger partial charge in [0.15, 0.2) is 49.4 Å². The van der Waals surface area contributed by atoms with E-state index in [0.29, 0.717) is 69.8 Å². The summed E-state index contributed by atoms with van der Waals surface area (Å²) < 4.78 is 73.1. The Hall–Kier alpha value is -4.37. The lowest BCUT2D eigenvalue weighted by Gasteiger charge is -2.64. The third kappa shape index (κ3) is 14.8. The second kappa shape index (κ2) is 33.2. The predicted octanol–water partition coefficient (Wildman–Crippen LogP) is -2.57. The summed E-state index contributed by atoms with van der Waals surface area (Å²) in [5.74, 6) is -4.64. The zero-order valence-corrected chi connectivity index (χ0v) is 65.3. The van der Waals surface area contributed by atoms with E-state index in [-0.39, 0.29) is 37.4 Å². The summed E-state index contributed by atoms with van der Waals surface area (Å²) in [5, 5.41) is 192. The summed E-state index contributed by atoms with van der Waals surface area (Å²) in [4.78, 5) is 70.3. The van der Waals surface area contributed by atoms with Crippen molar-refractivity contribution in [2.75, 3.05) is 26.4 Å². The van der Waals surface area contributed by atoms with E-state index in [9.17, 15) is 106 Å². The summed E-state index contributed by atoms with van der Waals surface area (Å²) in [6, 6.07) is 5.81. The van der Waals surface area contributed by atoms with Crippen LogP contribution in [-0.4, -0.2) is 327 Å². The highest BCUT2D eigenvalue weighted by Crippen LogP contribution is 2.95. The first-order valence-corrected chi connectivity index (χ1v) is 40.1. The highest BCUT2D eigenvalue weighted by molar-refractivity contribution is 5.96. The molecule has 6 saturated heterocycles. The molecule has 35 nitrogen and oxygen atoms in total. The van der Waals surface area contributed by atoms with Crippen LogP contribution >= 0.6 is 0 Å². The van der Waals surface area contributed by atoms with E-state index in [1.165, 1.54) is 6.92 Å². The summed E-state index contributed by atoms with van der Waals surface area (Å²) in [6.45, 7) is 12.8. The van der Waals surface area contributed by atoms with E-state index in [1.54, 1.807) is 19.1 Å². The molecule has 12 aliphatic rings. The molecule has 0 radical (unpaired) electrons. The van der Waals surface area contributed by atoms with Crippen LogP contribution in [0.5, 0.6) is 0 Å². The van der Waals surface area contributed by atoms with Crippen LogP contribution in [0.15, 0.2) is 35.9 Å². The van der Waals surface area contributed by atoms with Crippen LogP contribution in [-0.2, 0) is 76.0 Å². The summed E-state index contributed by atoms with van der Waals surface area (Å²) in [7, 11) is 0. The lowest BCUT2D eigenvalue weighted by Crippen LogP contribution is -2.69. The van der Waals surface area contributed by atoms with Gasteiger partial charge in [-0.2, -0.15) is 0 Å². The molecule has 1 aromatic rings. The van der Waals surface area contributed by atoms with Crippen LogP contribution in [0, 0.1) is 62.6 Å². The first-order chi connectivity index (χ1) is 53.7. The van der Waals surface area contributed by atoms with Crippen molar-refractivity contribution in [3.63, 3.8) is 0 Å². The molecule has 1 spiro atoms. The number of ketones is 1. The van der Waals surface area contributed by atoms with Gasteiger partial charge in [-0.15, -0.1) is 0 Å². The number of amides is 1. The van der Waals surface area contributed by atoms with Crippen molar-refractivity contribution >= 4 is 29.9 Å². The SMILES string of the molecule is Cc1ccc(C(=O)CCCCCCC(=O)NC2C(O)C(O[C@@H]3O[C@H](C)C(O[C@@H]4OCC(O)C(O)C4O)C(O)C3O)[C@H](OC(=O)C34CCC(C)(C)CC3C3=CCC56C(C[C@@H]7C5(C)CC[C@H](OC5OC(C(=O)O)[C@@H](O)[C@H](OC8OC[C@@H](O)[C@H](O)[C@@H]8O)[C@@H]5OC5OC(CO)[C@H](O)[C@H](O)[C@@H]5O)[C@]7(C)C=O)[C@@]6(C)[C@]3(C)C[C@@H]4O)O[C@H]2CO)cc1. The Balaban J connectivity index is 0.759. The monoisotopic (exact) mass is 1620 g/mol. The zero-order valence-electron chi connectivity index (χ0n) is 65.3. The number of rotatable bonds is 25. The van der Waals surface area contributed by atoms with Gasteiger partial charge in [-0.25, -0.2) is 4.79 Å². The molecule has 114 heavy (non-hydrogen) atoms. The molecule has 35 heteroatoms. The molecule has 0 aromatic heterocycles. The van der Waals surface area contributed by atoms with E-state index < -0.39 is 278 Å². The van der Waals surface area contributed by atoms with Gasteiger partial charge in [-0.05, 0) is 123 Å². The number of aliphatic hydroxyl groups is 16. The van der Waals surface area contributed by atoms with Crippen LogP contribution in [0.2, 0.25) is 0 Å². The number of aldehydes is 1. The van der Waals surface area contributed by atoms with Crippen molar-refractivity contribution in [2.45, 2.75) is 329 Å². The van der Waals surface area contributed by atoms with Gasteiger partial charge in [0.25, 0.3) is 0 Å². The van der Waals surface area contributed by atoms with Crippen LogP contribution in [0.1, 0.15) is 154 Å². The zero-order chi connectivity index (χ0) is 82.8. The highest BCUT2D eigenvalue weighted by atomic mass is 16.8. The number of allylic oxidation sites excluding steroid dienone is 2. The van der Waals surface area contributed by atoms with Crippen molar-refractivity contribution < 1.29 is 168 Å². The van der Waals surface area contributed by atoms with Crippen LogP contribution in [0.3, 0.4) is 0 Å². The molecule has 1 aromatic carbocycles. The number of esters is 1. The molecule has 6 aliphatic carbocycles. The van der Waals surface area contributed by atoms with Crippen molar-refractivity contribution in [1.29, 1.82) is 0 Å². The normalized spacial score (nSPS) is 49.6. The highest BCUT2D eigenvalue weighted by Gasteiger charge is 2.91. The van der Waals surface area contributed by atoms with Gasteiger partial charge in [-0.1, -0.05) is 95.9 Å². The topological polar surface area (TPSA) is 552 Å². The quantitative estimate of drug-likeness (QED) is 0.0119. The van der Waals surface area contributed by atoms with Gasteiger partial charge in [0, 0.05) is 18.4 Å². The van der Waals surface area contributed by atoms with Crippen LogP contribution in [0.25, 0.3) is 0 Å². The number of carboxylic acids is 1. The molecule has 1 amide bonds. The molecular weight excluding hydrogens is 1510 g/mol. The van der Waals surface area contributed by atoms with Gasteiger partial charge in [0.05, 0.1) is 56.2 Å². The minimum absolute atomic E-state index is 0.00676. The van der Waals surface area contributed by atoms with E-state index in [2.05, 4.69) is 46.0 Å². The molecule has 18 N–H and O–H groups in total. The Labute approximate surface area is 659 Å². The van der Waals surface area contributed by atoms with Crippen molar-refractivity contribution in [3.8, 4) is 0 Å². The number of benzene rings is 1. The standard InChI is InChI=1S/C79H117NO34/c1-33-15-17-35(18-16-33)38(84)13-11-9-10-12-14-47(88)80-48-41(28-81)106-70(63(52(48)92)112-68-58(98)54(94)60(34(2)105-68)109-66-55(95)49(89)39(85)30-103-66)114-72(102)78-24-23-73(3,4)26-37(78)36-19-22-79-44(77(79,8)76(36,7)27-45(78)87)25-43-74(5,32-83)46(20-21-75(43,79)6)108-71-64(113-69-57(97)53(93)51(91)42(29-82)107-69)61(59(99)62(111-71)65(100)101)110-67-56(96)50(90)40(86)31-104-67/h15-19,32,34,37,39-46,48-64,66-71,81-82,85-87,89-99H,9-14,20-31H2,1-8H3,(H,80,88)(H,100,101)/t34-,37?,39?,40-,41+,42?,43+,44?,45+,46+,48?,49?,50+,51+,52?,53+,54?,55?,56+,57+,58?,59+,60?,61+,62?,63?,64+,66+,67?,68+,69?,70+,71?,74-,75?,76-,77+,78?,79?/m1/s1. The number of hydrogen-bond acceptors (Lipinski definition) is 33. The number of nitrogens with one attached hydrogen (secondary N) is 1. The summed E-state index contributed by atoms with van der Waals surface area (Å²) in [6.07, 6.45) is -44.8.